The van der Waals surface area contributed by atoms with Gasteiger partial charge in [0.2, 0.25) is 5.13 Å². The topological polar surface area (TPSA) is 115 Å². The summed E-state index contributed by atoms with van der Waals surface area (Å²) in [5.41, 5.74) is 3.19. The van der Waals surface area contributed by atoms with Gasteiger partial charge in [0.05, 0.1) is 24.8 Å². The van der Waals surface area contributed by atoms with Gasteiger partial charge in [-0.2, -0.15) is 0 Å². The lowest BCUT2D eigenvalue weighted by Gasteiger charge is -2.23. The van der Waals surface area contributed by atoms with Crippen molar-refractivity contribution in [2.45, 2.75) is 50.3 Å². The molecular formula is C33H34N4O5S2. The van der Waals surface area contributed by atoms with Crippen molar-refractivity contribution in [3.8, 4) is 11.5 Å². The maximum Gasteiger partial charge on any atom is 0.301 e. The minimum Gasteiger partial charge on any atom is -0.507 e. The van der Waals surface area contributed by atoms with Crippen LogP contribution < -0.4 is 14.4 Å². The molecule has 1 unspecified atom stereocenters. The number of carbonyl (C=O) groups excluding carboxylic acids is 2. The fraction of sp³-hybridized carbons (Fsp3) is 0.303. The fourth-order valence-electron chi connectivity index (χ4n) is 4.68. The van der Waals surface area contributed by atoms with Crippen LogP contribution in [0, 0.1) is 12.8 Å². The van der Waals surface area contributed by atoms with Crippen molar-refractivity contribution in [1.29, 1.82) is 0 Å². The lowest BCUT2D eigenvalue weighted by Crippen LogP contribution is -2.29. The number of aryl methyl sites for hydroxylation is 1. The molecule has 1 fully saturated rings. The van der Waals surface area contributed by atoms with Gasteiger partial charge in [-0.15, -0.1) is 10.2 Å². The Balaban J connectivity index is 1.54. The molecule has 44 heavy (non-hydrogen) atoms. The third-order valence-electron chi connectivity index (χ3n) is 7.02. The predicted octanol–water partition coefficient (Wildman–Crippen LogP) is 6.98. The van der Waals surface area contributed by atoms with Crippen molar-refractivity contribution in [3.05, 3.63) is 94.8 Å². The normalized spacial score (nSPS) is 16.1. The fourth-order valence-corrected chi connectivity index (χ4v) is 6.51. The first-order valence-corrected chi connectivity index (χ1v) is 16.2. The van der Waals surface area contributed by atoms with Gasteiger partial charge in [0, 0.05) is 23.7 Å². The lowest BCUT2D eigenvalue weighted by atomic mass is 9.95. The highest BCUT2D eigenvalue weighted by atomic mass is 32.2. The summed E-state index contributed by atoms with van der Waals surface area (Å²) in [5.74, 6) is 0.282. The SMILES string of the molecule is CCOc1cc(C2C(=C(O)c3ccncc3)C(=O)C(=O)N2c2nnc(SCc3ccc(C)cc3)s2)ccc1OCCC(C)C. The second-order valence-electron chi connectivity index (χ2n) is 10.7. The Bertz CT molecular complexity index is 1650. The van der Waals surface area contributed by atoms with Crippen LogP contribution in [0.3, 0.4) is 0 Å². The Kier molecular flexibility index (Phi) is 9.96. The first-order chi connectivity index (χ1) is 21.3. The number of anilines is 1. The first-order valence-electron chi connectivity index (χ1n) is 14.4. The smallest absolute Gasteiger partial charge is 0.301 e. The van der Waals surface area contributed by atoms with Crippen molar-refractivity contribution in [2.24, 2.45) is 5.92 Å². The van der Waals surface area contributed by atoms with Crippen LogP contribution >= 0.6 is 23.1 Å². The molecular weight excluding hydrogens is 597 g/mol. The Morgan fingerprint density at radius 3 is 2.48 bits per heavy atom. The van der Waals surface area contributed by atoms with E-state index in [-0.39, 0.29) is 16.5 Å². The lowest BCUT2D eigenvalue weighted by molar-refractivity contribution is -0.132. The number of nitrogens with zero attached hydrogens (tertiary/aromatic N) is 4. The number of thioether (sulfide) groups is 1. The van der Waals surface area contributed by atoms with Crippen LogP contribution in [0.2, 0.25) is 0 Å². The summed E-state index contributed by atoms with van der Waals surface area (Å²) < 4.78 is 12.6. The van der Waals surface area contributed by atoms with Gasteiger partial charge in [-0.1, -0.05) is 72.8 Å². The van der Waals surface area contributed by atoms with Crippen molar-refractivity contribution in [2.75, 3.05) is 18.1 Å². The van der Waals surface area contributed by atoms with Gasteiger partial charge in [0.1, 0.15) is 5.76 Å². The Labute approximate surface area is 265 Å². The van der Waals surface area contributed by atoms with Gasteiger partial charge in [-0.3, -0.25) is 19.5 Å². The molecule has 3 heterocycles. The van der Waals surface area contributed by atoms with Gasteiger partial charge in [-0.05, 0) is 61.6 Å². The molecule has 11 heteroatoms. The third-order valence-corrected chi connectivity index (χ3v) is 9.15. The molecule has 1 amide bonds. The highest BCUT2D eigenvalue weighted by molar-refractivity contribution is 8.00. The maximum absolute atomic E-state index is 13.6. The molecule has 1 atom stereocenters. The summed E-state index contributed by atoms with van der Waals surface area (Å²) >= 11 is 2.72. The highest BCUT2D eigenvalue weighted by Gasteiger charge is 2.48. The van der Waals surface area contributed by atoms with Crippen molar-refractivity contribution in [1.82, 2.24) is 15.2 Å². The first kappa shape index (κ1) is 31.2. The van der Waals surface area contributed by atoms with Crippen molar-refractivity contribution < 1.29 is 24.2 Å². The molecule has 0 spiro atoms. The zero-order chi connectivity index (χ0) is 31.2. The molecule has 5 rings (SSSR count). The van der Waals surface area contributed by atoms with E-state index >= 15 is 0 Å². The highest BCUT2D eigenvalue weighted by Crippen LogP contribution is 2.45. The summed E-state index contributed by atoms with van der Waals surface area (Å²) in [7, 11) is 0. The number of aliphatic hydroxyl groups is 1. The monoisotopic (exact) mass is 630 g/mol. The largest absolute Gasteiger partial charge is 0.507 e. The van der Waals surface area contributed by atoms with Gasteiger partial charge < -0.3 is 14.6 Å². The number of ether oxygens (including phenoxy) is 2. The summed E-state index contributed by atoms with van der Waals surface area (Å²) in [6.07, 6.45) is 3.90. The number of rotatable bonds is 12. The average molecular weight is 631 g/mol. The van der Waals surface area contributed by atoms with E-state index in [0.717, 1.165) is 12.0 Å². The molecule has 4 aromatic rings. The minimum atomic E-state index is -0.977. The number of Topliss-reactive ketones (excluding diaryl/α,β-unsaturated/α-hetero) is 1. The van der Waals surface area contributed by atoms with Crippen LogP contribution in [0.4, 0.5) is 5.13 Å². The van der Waals surface area contributed by atoms with Crippen LogP contribution in [0.1, 0.15) is 55.5 Å². The van der Waals surface area contributed by atoms with Crippen LogP contribution in [-0.2, 0) is 15.3 Å². The molecule has 228 valence electrons. The second-order valence-corrected chi connectivity index (χ2v) is 12.9. The third kappa shape index (κ3) is 6.95. The molecule has 0 saturated carbocycles. The molecule has 0 bridgehead atoms. The van der Waals surface area contributed by atoms with Crippen LogP contribution in [0.15, 0.2) is 76.9 Å². The Morgan fingerprint density at radius 1 is 1.02 bits per heavy atom. The number of hydrogen-bond acceptors (Lipinski definition) is 10. The molecule has 9 nitrogen and oxygen atoms in total. The predicted molar refractivity (Wildman–Crippen MR) is 172 cm³/mol. The molecule has 1 aliphatic heterocycles. The summed E-state index contributed by atoms with van der Waals surface area (Å²) in [5, 5.41) is 20.3. The maximum atomic E-state index is 13.6. The van der Waals surface area contributed by atoms with E-state index in [0.29, 0.717) is 51.9 Å². The number of aromatic nitrogens is 3. The summed E-state index contributed by atoms with van der Waals surface area (Å²) in [4.78, 5) is 32.5. The molecule has 0 radical (unpaired) electrons. The number of ketones is 1. The van der Waals surface area contributed by atoms with E-state index in [2.05, 4.69) is 53.3 Å². The zero-order valence-electron chi connectivity index (χ0n) is 25.0. The van der Waals surface area contributed by atoms with E-state index in [1.165, 1.54) is 46.0 Å². The molecule has 1 aliphatic rings. The van der Waals surface area contributed by atoms with E-state index in [1.54, 1.807) is 30.3 Å². The van der Waals surface area contributed by atoms with E-state index in [1.807, 2.05) is 13.8 Å². The second kappa shape index (κ2) is 14.0. The van der Waals surface area contributed by atoms with Gasteiger partial charge in [0.25, 0.3) is 5.78 Å². The number of amides is 1. The van der Waals surface area contributed by atoms with Crippen LogP contribution in [-0.4, -0.2) is 45.2 Å². The number of benzene rings is 2. The molecule has 2 aromatic heterocycles. The van der Waals surface area contributed by atoms with E-state index in [9.17, 15) is 14.7 Å². The zero-order valence-corrected chi connectivity index (χ0v) is 26.7. The van der Waals surface area contributed by atoms with Crippen LogP contribution in [0.5, 0.6) is 11.5 Å². The van der Waals surface area contributed by atoms with Gasteiger partial charge in [0.15, 0.2) is 15.8 Å². The number of pyridine rings is 1. The number of aliphatic hydroxyl groups excluding tert-OH is 1. The molecule has 1 saturated heterocycles. The number of carbonyl (C=O) groups is 2. The Morgan fingerprint density at radius 2 is 1.77 bits per heavy atom. The van der Waals surface area contributed by atoms with Crippen LogP contribution in [0.25, 0.3) is 5.76 Å². The number of hydrogen-bond donors (Lipinski definition) is 1. The average Bonchev–Trinajstić information content (AvgIpc) is 3.59. The van der Waals surface area contributed by atoms with E-state index < -0.39 is 17.7 Å². The minimum absolute atomic E-state index is 0.0545. The Hall–Kier alpha value is -4.22. The van der Waals surface area contributed by atoms with Crippen molar-refractivity contribution in [3.63, 3.8) is 0 Å². The summed E-state index contributed by atoms with van der Waals surface area (Å²) in [6.45, 7) is 9.07. The molecule has 0 aliphatic carbocycles. The summed E-state index contributed by atoms with van der Waals surface area (Å²) in [6, 6.07) is 15.7. The molecule has 1 N–H and O–H groups in total. The standard InChI is InChI=1S/C33H34N4O5S2/c1-5-41-26-18-24(10-11-25(26)42-17-14-20(2)3)28-27(29(38)23-12-15-34-16-13-23)30(39)31(40)37(28)32-35-36-33(44-32)43-19-22-8-6-21(4)7-9-22/h6-13,15-16,18,20,28,38H,5,14,17,19H2,1-4H3. The molecule has 2 aromatic carbocycles. The quantitative estimate of drug-likeness (QED) is 0.0582. The van der Waals surface area contributed by atoms with Gasteiger partial charge >= 0.3 is 5.91 Å². The van der Waals surface area contributed by atoms with E-state index in [4.69, 9.17) is 9.47 Å². The van der Waals surface area contributed by atoms with Gasteiger partial charge in [-0.25, -0.2) is 0 Å². The van der Waals surface area contributed by atoms with Crippen molar-refractivity contribution >= 4 is 45.7 Å².